The molecule has 1 aromatic heterocycles. The largest absolute Gasteiger partial charge is 0.462 e. The topological polar surface area (TPSA) is 81.7 Å². The number of ether oxygens (including phenoxy) is 2. The van der Waals surface area contributed by atoms with E-state index < -0.39 is 17.8 Å². The number of thiophene rings is 1. The number of benzene rings is 1. The van der Waals surface area contributed by atoms with Crippen molar-refractivity contribution in [3.8, 4) is 0 Å². The molecule has 0 saturated carbocycles. The van der Waals surface area contributed by atoms with Gasteiger partial charge in [0.2, 0.25) is 5.91 Å². The van der Waals surface area contributed by atoms with Gasteiger partial charge in [-0.3, -0.25) is 4.79 Å². The third kappa shape index (κ3) is 5.27. The van der Waals surface area contributed by atoms with E-state index in [2.05, 4.69) is 5.32 Å². The molecule has 1 heterocycles. The Morgan fingerprint density at radius 1 is 1.04 bits per heavy atom. The molecule has 0 aliphatic rings. The molecule has 1 N–H and O–H groups in total. The molecule has 0 unspecified atom stereocenters. The summed E-state index contributed by atoms with van der Waals surface area (Å²) in [6, 6.07) is 9.34. The molecule has 142 valence electrons. The monoisotopic (exact) mass is 387 g/mol. The van der Waals surface area contributed by atoms with Crippen LogP contribution in [0.5, 0.6) is 0 Å². The number of nitrogens with one attached hydrogen (secondary N) is 1. The Bertz CT molecular complexity index is 855. The zero-order valence-electron chi connectivity index (χ0n) is 15.4. The summed E-state index contributed by atoms with van der Waals surface area (Å²) >= 11 is 0.997. The van der Waals surface area contributed by atoms with Gasteiger partial charge in [-0.1, -0.05) is 30.3 Å². The first-order chi connectivity index (χ1) is 13.0. The van der Waals surface area contributed by atoms with Crippen molar-refractivity contribution in [3.05, 3.63) is 58.0 Å². The van der Waals surface area contributed by atoms with Crippen LogP contribution >= 0.6 is 11.3 Å². The summed E-state index contributed by atoms with van der Waals surface area (Å²) in [6.45, 7) is 5.41. The third-order valence-corrected chi connectivity index (χ3v) is 4.74. The van der Waals surface area contributed by atoms with Crippen molar-refractivity contribution in [3.63, 3.8) is 0 Å². The van der Waals surface area contributed by atoms with Gasteiger partial charge in [-0.05, 0) is 38.0 Å². The highest BCUT2D eigenvalue weighted by Crippen LogP contribution is 2.34. The van der Waals surface area contributed by atoms with Crippen LogP contribution in [0.1, 0.15) is 45.0 Å². The van der Waals surface area contributed by atoms with E-state index in [1.807, 2.05) is 30.3 Å². The number of rotatable bonds is 7. The van der Waals surface area contributed by atoms with E-state index in [9.17, 15) is 14.4 Å². The lowest BCUT2D eigenvalue weighted by atomic mass is 10.1. The van der Waals surface area contributed by atoms with E-state index in [1.165, 1.54) is 6.08 Å². The van der Waals surface area contributed by atoms with E-state index in [0.717, 1.165) is 16.9 Å². The molecule has 2 rings (SSSR count). The van der Waals surface area contributed by atoms with Crippen molar-refractivity contribution in [2.75, 3.05) is 18.5 Å². The average molecular weight is 387 g/mol. The Balaban J connectivity index is 2.29. The molecule has 0 spiro atoms. The fourth-order valence-corrected chi connectivity index (χ4v) is 3.42. The Kier molecular flexibility index (Phi) is 7.31. The van der Waals surface area contributed by atoms with Gasteiger partial charge in [-0.15, -0.1) is 11.3 Å². The van der Waals surface area contributed by atoms with Gasteiger partial charge in [0.1, 0.15) is 9.88 Å². The molecule has 2 aromatic rings. The fourth-order valence-electron chi connectivity index (χ4n) is 2.33. The Morgan fingerprint density at radius 3 is 2.30 bits per heavy atom. The van der Waals surface area contributed by atoms with Crippen molar-refractivity contribution >= 4 is 40.3 Å². The minimum absolute atomic E-state index is 0.173. The van der Waals surface area contributed by atoms with Crippen LogP contribution < -0.4 is 5.32 Å². The number of amides is 1. The van der Waals surface area contributed by atoms with Crippen LogP contribution in [-0.2, 0) is 14.3 Å². The van der Waals surface area contributed by atoms with Gasteiger partial charge in [0.05, 0.1) is 18.8 Å². The van der Waals surface area contributed by atoms with Crippen molar-refractivity contribution in [1.29, 1.82) is 0 Å². The number of hydrogen-bond acceptors (Lipinski definition) is 6. The Labute approximate surface area is 161 Å². The molecule has 0 atom stereocenters. The zero-order chi connectivity index (χ0) is 19.8. The molecule has 1 amide bonds. The highest BCUT2D eigenvalue weighted by atomic mass is 32.1. The third-order valence-electron chi connectivity index (χ3n) is 3.55. The number of anilines is 1. The summed E-state index contributed by atoms with van der Waals surface area (Å²) in [5.41, 5.74) is 1.47. The number of esters is 2. The van der Waals surface area contributed by atoms with Crippen molar-refractivity contribution in [1.82, 2.24) is 0 Å². The summed E-state index contributed by atoms with van der Waals surface area (Å²) in [4.78, 5) is 37.0. The lowest BCUT2D eigenvalue weighted by Crippen LogP contribution is -2.13. The Morgan fingerprint density at radius 2 is 1.67 bits per heavy atom. The Hall–Kier alpha value is -2.93. The quantitative estimate of drug-likeness (QED) is 0.572. The summed E-state index contributed by atoms with van der Waals surface area (Å²) in [5, 5.41) is 2.92. The van der Waals surface area contributed by atoms with Crippen LogP contribution in [0.15, 0.2) is 36.4 Å². The molecular formula is C20H21NO5S. The SMILES string of the molecule is CCOC(=O)c1sc(NC(=O)C=Cc2ccccc2)c(C(=O)OCC)c1C. The molecular weight excluding hydrogens is 366 g/mol. The second-order valence-electron chi connectivity index (χ2n) is 5.43. The van der Waals surface area contributed by atoms with Crippen LogP contribution in [0.4, 0.5) is 5.00 Å². The molecule has 0 aliphatic carbocycles. The predicted octanol–water partition coefficient (Wildman–Crippen LogP) is 4.06. The van der Waals surface area contributed by atoms with E-state index in [1.54, 1.807) is 26.8 Å². The molecule has 1 aromatic carbocycles. The number of hydrogen-bond donors (Lipinski definition) is 1. The van der Waals surface area contributed by atoms with Gasteiger partial charge < -0.3 is 14.8 Å². The molecule has 27 heavy (non-hydrogen) atoms. The smallest absolute Gasteiger partial charge is 0.348 e. The second-order valence-corrected chi connectivity index (χ2v) is 6.46. The van der Waals surface area contributed by atoms with Crippen LogP contribution in [-0.4, -0.2) is 31.1 Å². The fraction of sp³-hybridized carbons (Fsp3) is 0.250. The van der Waals surface area contributed by atoms with Gasteiger partial charge >= 0.3 is 11.9 Å². The predicted molar refractivity (Wildman–Crippen MR) is 105 cm³/mol. The summed E-state index contributed by atoms with van der Waals surface area (Å²) in [5.74, 6) is -1.55. The van der Waals surface area contributed by atoms with E-state index in [-0.39, 0.29) is 28.7 Å². The first kappa shape index (κ1) is 20.4. The molecule has 0 fully saturated rings. The van der Waals surface area contributed by atoms with Crippen molar-refractivity contribution < 1.29 is 23.9 Å². The molecule has 7 heteroatoms. The standard InChI is InChI=1S/C20H21NO5S/c1-4-25-19(23)16-13(3)17(20(24)26-5-2)27-18(16)21-15(22)12-11-14-9-7-6-8-10-14/h6-12H,4-5H2,1-3H3,(H,21,22). The first-order valence-corrected chi connectivity index (χ1v) is 9.31. The minimum Gasteiger partial charge on any atom is -0.462 e. The molecule has 0 radical (unpaired) electrons. The van der Waals surface area contributed by atoms with Gasteiger partial charge in [-0.25, -0.2) is 9.59 Å². The summed E-state index contributed by atoms with van der Waals surface area (Å²) in [7, 11) is 0. The molecule has 0 bridgehead atoms. The van der Waals surface area contributed by atoms with E-state index >= 15 is 0 Å². The number of carbonyl (C=O) groups excluding carboxylic acids is 3. The minimum atomic E-state index is -0.593. The maximum Gasteiger partial charge on any atom is 0.348 e. The molecule has 0 saturated heterocycles. The normalized spacial score (nSPS) is 10.6. The first-order valence-electron chi connectivity index (χ1n) is 8.49. The van der Waals surface area contributed by atoms with Crippen LogP contribution in [0, 0.1) is 6.92 Å². The molecule has 6 nitrogen and oxygen atoms in total. The van der Waals surface area contributed by atoms with Crippen LogP contribution in [0.2, 0.25) is 0 Å². The maximum absolute atomic E-state index is 12.3. The second kappa shape index (κ2) is 9.68. The van der Waals surface area contributed by atoms with Crippen LogP contribution in [0.3, 0.4) is 0 Å². The summed E-state index contributed by atoms with van der Waals surface area (Å²) < 4.78 is 10.1. The summed E-state index contributed by atoms with van der Waals surface area (Å²) in [6.07, 6.45) is 3.02. The maximum atomic E-state index is 12.3. The average Bonchev–Trinajstić information content (AvgIpc) is 2.97. The van der Waals surface area contributed by atoms with Crippen molar-refractivity contribution in [2.45, 2.75) is 20.8 Å². The van der Waals surface area contributed by atoms with Crippen LogP contribution in [0.25, 0.3) is 6.08 Å². The van der Waals surface area contributed by atoms with Gasteiger partial charge in [0.25, 0.3) is 0 Å². The lowest BCUT2D eigenvalue weighted by molar-refractivity contribution is -0.111. The van der Waals surface area contributed by atoms with Gasteiger partial charge in [0.15, 0.2) is 0 Å². The number of carbonyl (C=O) groups is 3. The lowest BCUT2D eigenvalue weighted by Gasteiger charge is -2.05. The van der Waals surface area contributed by atoms with Crippen molar-refractivity contribution in [2.24, 2.45) is 0 Å². The highest BCUT2D eigenvalue weighted by Gasteiger charge is 2.26. The van der Waals surface area contributed by atoms with E-state index in [4.69, 9.17) is 9.47 Å². The van der Waals surface area contributed by atoms with E-state index in [0.29, 0.717) is 5.56 Å². The van der Waals surface area contributed by atoms with Gasteiger partial charge in [-0.2, -0.15) is 0 Å². The van der Waals surface area contributed by atoms with Gasteiger partial charge in [0, 0.05) is 6.08 Å². The molecule has 0 aliphatic heterocycles. The zero-order valence-corrected chi connectivity index (χ0v) is 16.2. The highest BCUT2D eigenvalue weighted by molar-refractivity contribution is 7.18.